The summed E-state index contributed by atoms with van der Waals surface area (Å²) < 4.78 is 0. The largest absolute Gasteiger partial charge is 0.389 e. The molecule has 0 amide bonds. The van der Waals surface area contributed by atoms with Crippen molar-refractivity contribution in [1.82, 2.24) is 0 Å². The van der Waals surface area contributed by atoms with Crippen molar-refractivity contribution in [2.45, 2.75) is 20.0 Å². The zero-order valence-electron chi connectivity index (χ0n) is 9.81. The molecule has 0 saturated heterocycles. The molecular weight excluding hydrogens is 232 g/mol. The van der Waals surface area contributed by atoms with E-state index in [1.165, 1.54) is 11.3 Å². The van der Waals surface area contributed by atoms with Crippen molar-refractivity contribution in [2.24, 2.45) is 0 Å². The third-order valence-corrected chi connectivity index (χ3v) is 3.68. The van der Waals surface area contributed by atoms with Gasteiger partial charge in [0, 0.05) is 5.56 Å². The van der Waals surface area contributed by atoms with Gasteiger partial charge in [-0.15, -0.1) is 11.3 Å². The maximum absolute atomic E-state index is 12.2. The lowest BCUT2D eigenvalue weighted by Gasteiger charge is -2.12. The van der Waals surface area contributed by atoms with Crippen LogP contribution in [0.3, 0.4) is 0 Å². The highest BCUT2D eigenvalue weighted by Gasteiger charge is 2.15. The van der Waals surface area contributed by atoms with E-state index in [0.717, 1.165) is 16.0 Å². The zero-order chi connectivity index (χ0) is 12.4. The van der Waals surface area contributed by atoms with E-state index in [4.69, 9.17) is 0 Å². The fourth-order valence-corrected chi connectivity index (χ4v) is 2.57. The number of carbonyl (C=O) groups excluding carboxylic acids is 1. The number of carbonyl (C=O) groups is 1. The van der Waals surface area contributed by atoms with Crippen LogP contribution in [-0.2, 0) is 0 Å². The number of hydrogen-bond acceptors (Lipinski definition) is 3. The van der Waals surface area contributed by atoms with Crippen molar-refractivity contribution >= 4 is 17.1 Å². The Morgan fingerprint density at radius 3 is 2.65 bits per heavy atom. The van der Waals surface area contributed by atoms with Gasteiger partial charge in [-0.1, -0.05) is 24.3 Å². The van der Waals surface area contributed by atoms with Gasteiger partial charge in [0.1, 0.15) is 0 Å². The number of benzene rings is 1. The summed E-state index contributed by atoms with van der Waals surface area (Å²) in [6.45, 7) is 3.59. The average molecular weight is 246 g/mol. The molecule has 3 heteroatoms. The summed E-state index contributed by atoms with van der Waals surface area (Å²) in [6.07, 6.45) is -0.550. The highest BCUT2D eigenvalue weighted by Crippen LogP contribution is 2.23. The van der Waals surface area contributed by atoms with Crippen molar-refractivity contribution in [3.05, 3.63) is 57.3 Å². The predicted octanol–water partition coefficient (Wildman–Crippen LogP) is 3.34. The Labute approximate surface area is 105 Å². The van der Waals surface area contributed by atoms with E-state index in [9.17, 15) is 9.90 Å². The average Bonchev–Trinajstić information content (AvgIpc) is 2.81. The molecule has 0 spiro atoms. The van der Waals surface area contributed by atoms with Gasteiger partial charge in [0.25, 0.3) is 0 Å². The Morgan fingerprint density at radius 1 is 1.29 bits per heavy atom. The molecule has 1 heterocycles. The molecule has 1 aromatic carbocycles. The van der Waals surface area contributed by atoms with E-state index in [1.54, 1.807) is 6.92 Å². The number of aliphatic hydroxyl groups is 1. The molecule has 17 heavy (non-hydrogen) atoms. The zero-order valence-corrected chi connectivity index (χ0v) is 10.6. The summed E-state index contributed by atoms with van der Waals surface area (Å²) in [6, 6.07) is 9.16. The Bertz CT molecular complexity index is 527. The third-order valence-electron chi connectivity index (χ3n) is 2.82. The first-order valence-electron chi connectivity index (χ1n) is 5.47. The van der Waals surface area contributed by atoms with Gasteiger partial charge >= 0.3 is 0 Å². The second kappa shape index (κ2) is 4.82. The standard InChI is InChI=1S/C14H14O2S/c1-9-11(10(2)15)5-3-6-12(9)14(16)13-7-4-8-17-13/h3-8,10,15H,1-2H3. The fraction of sp³-hybridized carbons (Fsp3) is 0.214. The summed E-state index contributed by atoms with van der Waals surface area (Å²) >= 11 is 1.44. The Balaban J connectivity index is 2.47. The number of thiophene rings is 1. The Hall–Kier alpha value is -1.45. The second-order valence-corrected chi connectivity index (χ2v) is 4.95. The van der Waals surface area contributed by atoms with Gasteiger partial charge in [-0.05, 0) is 36.4 Å². The van der Waals surface area contributed by atoms with E-state index < -0.39 is 6.10 Å². The van der Waals surface area contributed by atoms with Gasteiger partial charge in [0.2, 0.25) is 5.78 Å². The molecule has 0 aliphatic rings. The SMILES string of the molecule is Cc1c(C(=O)c2cccs2)cccc1C(C)O. The lowest BCUT2D eigenvalue weighted by Crippen LogP contribution is -2.05. The number of ketones is 1. The van der Waals surface area contributed by atoms with Gasteiger partial charge in [-0.25, -0.2) is 0 Å². The summed E-state index contributed by atoms with van der Waals surface area (Å²) in [5.41, 5.74) is 2.35. The fourth-order valence-electron chi connectivity index (χ4n) is 1.89. The van der Waals surface area contributed by atoms with Crippen LogP contribution < -0.4 is 0 Å². The molecular formula is C14H14O2S. The highest BCUT2D eigenvalue weighted by molar-refractivity contribution is 7.12. The number of hydrogen-bond donors (Lipinski definition) is 1. The van der Waals surface area contributed by atoms with Gasteiger partial charge in [0.05, 0.1) is 11.0 Å². The molecule has 2 aromatic rings. The van der Waals surface area contributed by atoms with Crippen molar-refractivity contribution in [1.29, 1.82) is 0 Å². The monoisotopic (exact) mass is 246 g/mol. The van der Waals surface area contributed by atoms with E-state index in [0.29, 0.717) is 5.56 Å². The van der Waals surface area contributed by atoms with Crippen LogP contribution in [0.25, 0.3) is 0 Å². The molecule has 0 saturated carbocycles. The van der Waals surface area contributed by atoms with Crippen LogP contribution in [0.5, 0.6) is 0 Å². The number of rotatable bonds is 3. The van der Waals surface area contributed by atoms with Crippen LogP contribution in [0.1, 0.15) is 39.4 Å². The minimum absolute atomic E-state index is 0.0278. The first kappa shape index (κ1) is 12.0. The van der Waals surface area contributed by atoms with E-state index in [2.05, 4.69) is 0 Å². The van der Waals surface area contributed by atoms with Crippen LogP contribution in [0, 0.1) is 6.92 Å². The summed E-state index contributed by atoms with van der Waals surface area (Å²) in [5, 5.41) is 11.5. The first-order valence-corrected chi connectivity index (χ1v) is 6.35. The molecule has 0 aliphatic carbocycles. The third kappa shape index (κ3) is 2.30. The van der Waals surface area contributed by atoms with Crippen LogP contribution in [0.2, 0.25) is 0 Å². The van der Waals surface area contributed by atoms with E-state index in [1.807, 2.05) is 42.6 Å². The molecule has 2 rings (SSSR count). The molecule has 1 unspecified atom stereocenters. The minimum atomic E-state index is -0.550. The lowest BCUT2D eigenvalue weighted by atomic mass is 9.96. The van der Waals surface area contributed by atoms with Gasteiger partial charge in [-0.3, -0.25) is 4.79 Å². The maximum Gasteiger partial charge on any atom is 0.203 e. The summed E-state index contributed by atoms with van der Waals surface area (Å²) in [7, 11) is 0. The molecule has 1 N–H and O–H groups in total. The van der Waals surface area contributed by atoms with Crippen molar-refractivity contribution < 1.29 is 9.90 Å². The molecule has 0 bridgehead atoms. The van der Waals surface area contributed by atoms with Crippen LogP contribution in [-0.4, -0.2) is 10.9 Å². The quantitative estimate of drug-likeness (QED) is 0.843. The van der Waals surface area contributed by atoms with Crippen molar-refractivity contribution in [2.75, 3.05) is 0 Å². The minimum Gasteiger partial charge on any atom is -0.389 e. The topological polar surface area (TPSA) is 37.3 Å². The van der Waals surface area contributed by atoms with Crippen molar-refractivity contribution in [3.8, 4) is 0 Å². The van der Waals surface area contributed by atoms with E-state index >= 15 is 0 Å². The molecule has 1 atom stereocenters. The van der Waals surface area contributed by atoms with Crippen LogP contribution in [0.4, 0.5) is 0 Å². The van der Waals surface area contributed by atoms with Crippen LogP contribution in [0.15, 0.2) is 35.7 Å². The molecule has 0 fully saturated rings. The van der Waals surface area contributed by atoms with Crippen molar-refractivity contribution in [3.63, 3.8) is 0 Å². The second-order valence-electron chi connectivity index (χ2n) is 4.00. The highest BCUT2D eigenvalue weighted by atomic mass is 32.1. The Morgan fingerprint density at radius 2 is 2.06 bits per heavy atom. The van der Waals surface area contributed by atoms with E-state index in [-0.39, 0.29) is 5.78 Å². The number of aliphatic hydroxyl groups excluding tert-OH is 1. The van der Waals surface area contributed by atoms with Crippen LogP contribution >= 0.6 is 11.3 Å². The Kier molecular flexibility index (Phi) is 3.41. The maximum atomic E-state index is 12.2. The molecule has 88 valence electrons. The summed E-state index contributed by atoms with van der Waals surface area (Å²) in [5.74, 6) is 0.0278. The summed E-state index contributed by atoms with van der Waals surface area (Å²) in [4.78, 5) is 13.0. The predicted molar refractivity (Wildman–Crippen MR) is 69.6 cm³/mol. The first-order chi connectivity index (χ1) is 8.11. The molecule has 1 aromatic heterocycles. The smallest absolute Gasteiger partial charge is 0.203 e. The molecule has 2 nitrogen and oxygen atoms in total. The molecule has 0 radical (unpaired) electrons. The molecule has 0 aliphatic heterocycles. The van der Waals surface area contributed by atoms with Gasteiger partial charge in [-0.2, -0.15) is 0 Å². The van der Waals surface area contributed by atoms with Gasteiger partial charge in [0.15, 0.2) is 0 Å². The normalized spacial score (nSPS) is 12.4. The van der Waals surface area contributed by atoms with Gasteiger partial charge < -0.3 is 5.11 Å². The lowest BCUT2D eigenvalue weighted by molar-refractivity contribution is 0.104.